The van der Waals surface area contributed by atoms with Gasteiger partial charge in [-0.25, -0.2) is 14.2 Å². The fourth-order valence-corrected chi connectivity index (χ4v) is 2.87. The van der Waals surface area contributed by atoms with E-state index in [-0.39, 0.29) is 5.96 Å². The second-order valence-corrected chi connectivity index (χ2v) is 5.32. The Morgan fingerprint density at radius 1 is 1.42 bits per heavy atom. The third kappa shape index (κ3) is 2.19. The van der Waals surface area contributed by atoms with Crippen molar-refractivity contribution in [2.45, 2.75) is 6.54 Å². The van der Waals surface area contributed by atoms with Gasteiger partial charge in [0.25, 0.3) is 0 Å². The lowest BCUT2D eigenvalue weighted by molar-refractivity contribution is -0.661. The van der Waals surface area contributed by atoms with E-state index in [0.29, 0.717) is 0 Å². The summed E-state index contributed by atoms with van der Waals surface area (Å²) in [6, 6.07) is 4.09. The van der Waals surface area contributed by atoms with Crippen molar-refractivity contribution in [1.29, 1.82) is 0 Å². The van der Waals surface area contributed by atoms with Gasteiger partial charge in [0.15, 0.2) is 12.2 Å². The maximum Gasteiger partial charge on any atom is 0.307 e. The number of aliphatic imine (C=N–C) groups is 1. The molecule has 0 bridgehead atoms. The fourth-order valence-electron chi connectivity index (χ4n) is 2.07. The molecule has 0 saturated heterocycles. The molecule has 0 radical (unpaired) electrons. The number of imidazole rings is 1. The molecule has 6 nitrogen and oxygen atoms in total. The molecule has 0 aromatic carbocycles. The molecule has 0 amide bonds. The van der Waals surface area contributed by atoms with Gasteiger partial charge in [-0.3, -0.25) is 0 Å². The molecule has 0 aliphatic carbocycles. The minimum absolute atomic E-state index is 0.0892. The quantitative estimate of drug-likeness (QED) is 0.417. The van der Waals surface area contributed by atoms with Gasteiger partial charge in [0, 0.05) is 29.6 Å². The van der Waals surface area contributed by atoms with Crippen LogP contribution in [0.1, 0.15) is 4.88 Å². The standard InChI is InChI=1S/C12H15N6S/c1-16-3-2-11-17(4-5-18(11)16)7-10-6-9(8-19-10)15-12(13)14/h2-6,8H,7H2,1H3,(H4,13,14,15)/q+1. The van der Waals surface area contributed by atoms with E-state index in [0.717, 1.165) is 17.9 Å². The van der Waals surface area contributed by atoms with Crippen molar-refractivity contribution in [3.05, 3.63) is 41.0 Å². The summed E-state index contributed by atoms with van der Waals surface area (Å²) in [6.45, 7) is 0.811. The predicted molar refractivity (Wildman–Crippen MR) is 75.5 cm³/mol. The van der Waals surface area contributed by atoms with Gasteiger partial charge in [0.1, 0.15) is 12.7 Å². The second-order valence-electron chi connectivity index (χ2n) is 4.33. The zero-order chi connectivity index (χ0) is 13.4. The van der Waals surface area contributed by atoms with E-state index in [1.807, 2.05) is 35.6 Å². The maximum atomic E-state index is 5.37. The first kappa shape index (κ1) is 11.8. The average Bonchev–Trinajstić information content (AvgIpc) is 3.01. The van der Waals surface area contributed by atoms with Crippen molar-refractivity contribution >= 4 is 28.6 Å². The van der Waals surface area contributed by atoms with E-state index in [1.165, 1.54) is 4.88 Å². The van der Waals surface area contributed by atoms with E-state index in [4.69, 9.17) is 11.5 Å². The Labute approximate surface area is 114 Å². The third-order valence-corrected chi connectivity index (χ3v) is 3.83. The van der Waals surface area contributed by atoms with Crippen molar-refractivity contribution < 1.29 is 4.57 Å². The van der Waals surface area contributed by atoms with E-state index in [9.17, 15) is 0 Å². The second kappa shape index (κ2) is 4.43. The molecule has 0 atom stereocenters. The lowest BCUT2D eigenvalue weighted by atomic mass is 10.4. The Bertz CT molecular complexity index is 743. The van der Waals surface area contributed by atoms with Crippen molar-refractivity contribution in [2.24, 2.45) is 23.5 Å². The van der Waals surface area contributed by atoms with Crippen LogP contribution in [0.5, 0.6) is 0 Å². The van der Waals surface area contributed by atoms with Gasteiger partial charge in [-0.15, -0.1) is 15.9 Å². The molecule has 0 unspecified atom stereocenters. The number of nitrogens with zero attached hydrogens (tertiary/aromatic N) is 4. The Morgan fingerprint density at radius 2 is 2.26 bits per heavy atom. The van der Waals surface area contributed by atoms with Crippen LogP contribution in [-0.4, -0.2) is 15.2 Å². The number of guanidine groups is 1. The summed E-state index contributed by atoms with van der Waals surface area (Å²) < 4.78 is 6.31. The first-order chi connectivity index (χ1) is 9.13. The molecule has 0 spiro atoms. The van der Waals surface area contributed by atoms with Crippen molar-refractivity contribution in [2.75, 3.05) is 0 Å². The molecule has 3 aromatic rings. The Hall–Kier alpha value is -2.28. The van der Waals surface area contributed by atoms with Crippen LogP contribution in [0.4, 0.5) is 5.69 Å². The van der Waals surface area contributed by atoms with Gasteiger partial charge >= 0.3 is 5.65 Å². The van der Waals surface area contributed by atoms with Crippen molar-refractivity contribution in [3.63, 3.8) is 0 Å². The monoisotopic (exact) mass is 275 g/mol. The lowest BCUT2D eigenvalue weighted by Gasteiger charge is -1.92. The normalized spacial score (nSPS) is 11.0. The van der Waals surface area contributed by atoms with Gasteiger partial charge in [0.05, 0.1) is 5.69 Å². The molecule has 0 aliphatic rings. The van der Waals surface area contributed by atoms with Crippen LogP contribution in [0.25, 0.3) is 5.65 Å². The number of nitrogens with two attached hydrogens (primary N) is 2. The number of rotatable bonds is 3. The lowest BCUT2D eigenvalue weighted by Crippen LogP contribution is -2.32. The number of hydrogen-bond acceptors (Lipinski definition) is 2. The van der Waals surface area contributed by atoms with Crippen molar-refractivity contribution in [1.82, 2.24) is 9.20 Å². The van der Waals surface area contributed by atoms with Crippen LogP contribution in [0, 0.1) is 0 Å². The minimum atomic E-state index is 0.0892. The number of aromatic nitrogens is 3. The number of fused-ring (bicyclic) bond motifs is 1. The van der Waals surface area contributed by atoms with Crippen LogP contribution in [0.3, 0.4) is 0 Å². The van der Waals surface area contributed by atoms with Gasteiger partial charge < -0.3 is 11.5 Å². The van der Waals surface area contributed by atoms with Crippen LogP contribution in [-0.2, 0) is 13.6 Å². The SMILES string of the molecule is Cn1ccc2n1cc[n+]2Cc1cc(N=C(N)N)cs1. The smallest absolute Gasteiger partial charge is 0.307 e. The molecule has 0 fully saturated rings. The third-order valence-electron chi connectivity index (χ3n) is 2.92. The maximum absolute atomic E-state index is 5.37. The molecule has 4 N–H and O–H groups in total. The first-order valence-electron chi connectivity index (χ1n) is 5.82. The zero-order valence-corrected chi connectivity index (χ0v) is 11.3. The van der Waals surface area contributed by atoms with Crippen molar-refractivity contribution in [3.8, 4) is 0 Å². The summed E-state index contributed by atoms with van der Waals surface area (Å²) in [5.74, 6) is 0.0892. The summed E-state index contributed by atoms with van der Waals surface area (Å²) in [5.41, 5.74) is 12.7. The highest BCUT2D eigenvalue weighted by Crippen LogP contribution is 2.21. The minimum Gasteiger partial charge on any atom is -0.370 e. The summed E-state index contributed by atoms with van der Waals surface area (Å²) in [7, 11) is 2.01. The summed E-state index contributed by atoms with van der Waals surface area (Å²) in [4.78, 5) is 5.25. The van der Waals surface area contributed by atoms with Gasteiger partial charge in [0.2, 0.25) is 0 Å². The first-order valence-corrected chi connectivity index (χ1v) is 6.70. The van der Waals surface area contributed by atoms with Gasteiger partial charge in [-0.1, -0.05) is 0 Å². The Balaban J connectivity index is 1.88. The number of hydrogen-bond donors (Lipinski definition) is 2. The molecule has 19 heavy (non-hydrogen) atoms. The summed E-state index contributed by atoms with van der Waals surface area (Å²) in [5, 5.41) is 1.95. The largest absolute Gasteiger partial charge is 0.370 e. The van der Waals surface area contributed by atoms with E-state index in [2.05, 4.69) is 26.3 Å². The zero-order valence-electron chi connectivity index (χ0n) is 10.5. The molecular formula is C12H15N6S+. The predicted octanol–water partition coefficient (Wildman–Crippen LogP) is 0.580. The molecule has 3 heterocycles. The molecule has 3 rings (SSSR count). The number of aryl methyl sites for hydroxylation is 1. The molecular weight excluding hydrogens is 260 g/mol. The highest BCUT2D eigenvalue weighted by atomic mass is 32.1. The van der Waals surface area contributed by atoms with Crippen LogP contribution in [0.2, 0.25) is 0 Å². The molecule has 0 aliphatic heterocycles. The average molecular weight is 275 g/mol. The Morgan fingerprint density at radius 3 is 3.05 bits per heavy atom. The summed E-state index contributed by atoms with van der Waals surface area (Å²) in [6.07, 6.45) is 6.14. The molecule has 0 saturated carbocycles. The topological polar surface area (TPSA) is 77.6 Å². The Kier molecular flexibility index (Phi) is 2.75. The van der Waals surface area contributed by atoms with Gasteiger partial charge in [-0.05, 0) is 6.07 Å². The fraction of sp³-hybridized carbons (Fsp3) is 0.167. The van der Waals surface area contributed by atoms with E-state index < -0.39 is 0 Å². The van der Waals surface area contributed by atoms with Crippen LogP contribution >= 0.6 is 11.3 Å². The highest BCUT2D eigenvalue weighted by Gasteiger charge is 2.13. The van der Waals surface area contributed by atoms with Crippen LogP contribution in [0.15, 0.2) is 41.1 Å². The summed E-state index contributed by atoms with van der Waals surface area (Å²) >= 11 is 1.65. The molecule has 3 aromatic heterocycles. The van der Waals surface area contributed by atoms with E-state index in [1.54, 1.807) is 11.3 Å². The van der Waals surface area contributed by atoms with Crippen LogP contribution < -0.4 is 16.0 Å². The van der Waals surface area contributed by atoms with E-state index >= 15 is 0 Å². The molecule has 7 heteroatoms. The highest BCUT2D eigenvalue weighted by molar-refractivity contribution is 7.10. The van der Waals surface area contributed by atoms with Gasteiger partial charge in [-0.2, -0.15) is 0 Å². The molecule has 98 valence electrons. The number of thiophene rings is 1.